The molecule has 0 unspecified atom stereocenters. The first kappa shape index (κ1) is 23.2. The minimum atomic E-state index is -0.122. The van der Waals surface area contributed by atoms with Crippen LogP contribution < -0.4 is 14.8 Å². The Morgan fingerprint density at radius 3 is 2.61 bits per heavy atom. The summed E-state index contributed by atoms with van der Waals surface area (Å²) in [5, 5.41) is 5.79. The Bertz CT molecular complexity index is 1090. The van der Waals surface area contributed by atoms with Gasteiger partial charge in [0.25, 0.3) is 0 Å². The summed E-state index contributed by atoms with van der Waals surface area (Å²) < 4.78 is 10.5. The largest absolute Gasteiger partial charge is 0.493 e. The third-order valence-electron chi connectivity index (χ3n) is 5.74. The average molecular weight is 467 g/mol. The molecule has 2 aromatic carbocycles. The van der Waals surface area contributed by atoms with Crippen molar-refractivity contribution in [1.29, 1.82) is 0 Å². The molecule has 7 nitrogen and oxygen atoms in total. The van der Waals surface area contributed by atoms with E-state index in [9.17, 15) is 4.79 Å². The molecule has 0 atom stereocenters. The molecule has 1 aromatic heterocycles. The smallest absolute Gasteiger partial charge is 0.230 e. The summed E-state index contributed by atoms with van der Waals surface area (Å²) in [6.45, 7) is 5.37. The highest BCUT2D eigenvalue weighted by molar-refractivity contribution is 7.13. The first-order valence-corrected chi connectivity index (χ1v) is 11.9. The average Bonchev–Trinajstić information content (AvgIpc) is 3.29. The quantitative estimate of drug-likeness (QED) is 0.545. The predicted octanol–water partition coefficient (Wildman–Crippen LogP) is 3.76. The van der Waals surface area contributed by atoms with E-state index >= 15 is 0 Å². The fourth-order valence-electron chi connectivity index (χ4n) is 3.87. The van der Waals surface area contributed by atoms with Crippen LogP contribution in [0.1, 0.15) is 11.3 Å². The summed E-state index contributed by atoms with van der Waals surface area (Å²) in [4.78, 5) is 22.1. The minimum absolute atomic E-state index is 0.122. The lowest BCUT2D eigenvalue weighted by molar-refractivity contribution is -0.115. The Labute approximate surface area is 199 Å². The number of amides is 1. The number of hydrogen-bond acceptors (Lipinski definition) is 7. The Morgan fingerprint density at radius 1 is 1.06 bits per heavy atom. The summed E-state index contributed by atoms with van der Waals surface area (Å²) in [6, 6.07) is 13.9. The molecule has 1 fully saturated rings. The summed E-state index contributed by atoms with van der Waals surface area (Å²) in [5.41, 5.74) is 3.81. The molecule has 0 bridgehead atoms. The molecule has 2 heterocycles. The normalized spacial score (nSPS) is 14.8. The Balaban J connectivity index is 1.37. The Hall–Kier alpha value is -2.94. The monoisotopic (exact) mass is 466 g/mol. The molecule has 0 radical (unpaired) electrons. The number of ether oxygens (including phenoxy) is 2. The fourth-order valence-corrected chi connectivity index (χ4v) is 4.69. The Morgan fingerprint density at radius 2 is 1.85 bits per heavy atom. The zero-order chi connectivity index (χ0) is 23.2. The second-order valence-electron chi connectivity index (χ2n) is 8.22. The van der Waals surface area contributed by atoms with Gasteiger partial charge in [0.05, 0.1) is 26.3 Å². The van der Waals surface area contributed by atoms with Gasteiger partial charge >= 0.3 is 0 Å². The highest BCUT2D eigenvalue weighted by atomic mass is 32.1. The number of hydrogen-bond donors (Lipinski definition) is 1. The molecule has 0 saturated carbocycles. The van der Waals surface area contributed by atoms with Gasteiger partial charge in [0.15, 0.2) is 11.5 Å². The standard InChI is InChI=1S/C25H30N4O3S/c1-28-9-11-29(12-10-28)16-18-5-4-6-19(13-18)25-27-21(17-33-25)15-24(30)26-20-7-8-22(31-2)23(14-20)32-3/h4-8,13-14,17H,9-12,15-16H2,1-3H3,(H,26,30). The molecule has 8 heteroatoms. The summed E-state index contributed by atoms with van der Waals surface area (Å²) in [5.74, 6) is 1.07. The van der Waals surface area contributed by atoms with E-state index in [1.165, 1.54) is 5.56 Å². The number of benzene rings is 2. The van der Waals surface area contributed by atoms with Crippen LogP contribution in [0.3, 0.4) is 0 Å². The van der Waals surface area contributed by atoms with Crippen LogP contribution >= 0.6 is 11.3 Å². The van der Waals surface area contributed by atoms with Crippen molar-refractivity contribution >= 4 is 22.9 Å². The molecular formula is C25H30N4O3S. The minimum Gasteiger partial charge on any atom is -0.493 e. The molecule has 0 spiro atoms. The van der Waals surface area contributed by atoms with Crippen molar-refractivity contribution in [2.45, 2.75) is 13.0 Å². The van der Waals surface area contributed by atoms with Crippen LogP contribution in [-0.2, 0) is 17.8 Å². The predicted molar refractivity (Wildman–Crippen MR) is 132 cm³/mol. The maximum Gasteiger partial charge on any atom is 0.230 e. The maximum absolute atomic E-state index is 12.6. The molecule has 1 saturated heterocycles. The third kappa shape index (κ3) is 6.10. The topological polar surface area (TPSA) is 66.9 Å². The molecule has 33 heavy (non-hydrogen) atoms. The van der Waals surface area contributed by atoms with Crippen LogP contribution in [0.2, 0.25) is 0 Å². The van der Waals surface area contributed by atoms with Crippen molar-refractivity contribution in [3.05, 3.63) is 59.1 Å². The molecule has 0 aliphatic carbocycles. The molecule has 1 aliphatic heterocycles. The molecule has 1 amide bonds. The van der Waals surface area contributed by atoms with Crippen LogP contribution in [0.4, 0.5) is 5.69 Å². The number of methoxy groups -OCH3 is 2. The molecule has 174 valence electrons. The van der Waals surface area contributed by atoms with Crippen LogP contribution in [0.15, 0.2) is 47.8 Å². The zero-order valence-corrected chi connectivity index (χ0v) is 20.2. The van der Waals surface area contributed by atoms with Gasteiger partial charge in [0.2, 0.25) is 5.91 Å². The van der Waals surface area contributed by atoms with Crippen LogP contribution in [0.5, 0.6) is 11.5 Å². The number of anilines is 1. The lowest BCUT2D eigenvalue weighted by atomic mass is 10.1. The number of thiazole rings is 1. The number of likely N-dealkylation sites (N-methyl/N-ethyl adjacent to an activating group) is 1. The molecule has 1 aliphatic rings. The van der Waals surface area contributed by atoms with Crippen LogP contribution in [0.25, 0.3) is 10.6 Å². The van der Waals surface area contributed by atoms with Crippen molar-refractivity contribution in [3.63, 3.8) is 0 Å². The summed E-state index contributed by atoms with van der Waals surface area (Å²) in [7, 11) is 5.32. The number of aromatic nitrogens is 1. The van der Waals surface area contributed by atoms with E-state index in [0.717, 1.165) is 49.0 Å². The van der Waals surface area contributed by atoms with Crippen molar-refractivity contribution < 1.29 is 14.3 Å². The Kier molecular flexibility index (Phi) is 7.59. The van der Waals surface area contributed by atoms with Gasteiger partial charge in [-0.3, -0.25) is 9.69 Å². The van der Waals surface area contributed by atoms with Crippen molar-refractivity contribution in [2.75, 3.05) is 52.8 Å². The van der Waals surface area contributed by atoms with E-state index in [1.807, 2.05) is 5.38 Å². The maximum atomic E-state index is 12.6. The van der Waals surface area contributed by atoms with Crippen molar-refractivity contribution in [2.24, 2.45) is 0 Å². The van der Waals surface area contributed by atoms with Gasteiger partial charge in [-0.25, -0.2) is 4.98 Å². The lowest BCUT2D eigenvalue weighted by Crippen LogP contribution is -2.43. The number of nitrogens with one attached hydrogen (secondary N) is 1. The van der Waals surface area contributed by atoms with Gasteiger partial charge in [-0.2, -0.15) is 0 Å². The zero-order valence-electron chi connectivity index (χ0n) is 19.3. The summed E-state index contributed by atoms with van der Waals surface area (Å²) in [6.07, 6.45) is 0.214. The van der Waals surface area contributed by atoms with Gasteiger partial charge in [-0.05, 0) is 30.8 Å². The van der Waals surface area contributed by atoms with Gasteiger partial charge in [0, 0.05) is 55.4 Å². The van der Waals surface area contributed by atoms with Gasteiger partial charge in [0.1, 0.15) is 5.01 Å². The van der Waals surface area contributed by atoms with E-state index in [4.69, 9.17) is 14.5 Å². The molecule has 1 N–H and O–H groups in total. The lowest BCUT2D eigenvalue weighted by Gasteiger charge is -2.32. The van der Waals surface area contributed by atoms with Gasteiger partial charge in [-0.15, -0.1) is 11.3 Å². The number of carbonyl (C=O) groups is 1. The first-order chi connectivity index (χ1) is 16.0. The third-order valence-corrected chi connectivity index (χ3v) is 6.68. The number of carbonyl (C=O) groups excluding carboxylic acids is 1. The first-order valence-electron chi connectivity index (χ1n) is 11.0. The number of piperazine rings is 1. The van der Waals surface area contributed by atoms with Crippen molar-refractivity contribution in [3.8, 4) is 22.1 Å². The van der Waals surface area contributed by atoms with E-state index < -0.39 is 0 Å². The number of rotatable bonds is 8. The van der Waals surface area contributed by atoms with Crippen molar-refractivity contribution in [1.82, 2.24) is 14.8 Å². The second-order valence-corrected chi connectivity index (χ2v) is 9.08. The highest BCUT2D eigenvalue weighted by Gasteiger charge is 2.15. The van der Waals surface area contributed by atoms with E-state index in [-0.39, 0.29) is 12.3 Å². The molecule has 3 aromatic rings. The SMILES string of the molecule is COc1ccc(NC(=O)Cc2csc(-c3cccc(CN4CCN(C)CC4)c3)n2)cc1OC. The van der Waals surface area contributed by atoms with Crippen LogP contribution in [0, 0.1) is 0 Å². The highest BCUT2D eigenvalue weighted by Crippen LogP contribution is 2.30. The number of nitrogens with zero attached hydrogens (tertiary/aromatic N) is 3. The van der Waals surface area contributed by atoms with Crippen LogP contribution in [-0.4, -0.2) is 68.1 Å². The second kappa shape index (κ2) is 10.8. The van der Waals surface area contributed by atoms with E-state index in [0.29, 0.717) is 17.2 Å². The summed E-state index contributed by atoms with van der Waals surface area (Å²) >= 11 is 1.57. The van der Waals surface area contributed by atoms with E-state index in [1.54, 1.807) is 43.8 Å². The fraction of sp³-hybridized carbons (Fsp3) is 0.360. The molecular weight excluding hydrogens is 436 g/mol. The van der Waals surface area contributed by atoms with E-state index in [2.05, 4.69) is 46.4 Å². The van der Waals surface area contributed by atoms with Gasteiger partial charge < -0.3 is 19.7 Å². The van der Waals surface area contributed by atoms with Gasteiger partial charge in [-0.1, -0.05) is 18.2 Å². The molecule has 4 rings (SSSR count).